The van der Waals surface area contributed by atoms with E-state index in [0.717, 1.165) is 18.4 Å². The van der Waals surface area contributed by atoms with Crippen molar-refractivity contribution < 1.29 is 19.8 Å². The minimum Gasteiger partial charge on any atom is -0.481 e. The second-order valence-electron chi connectivity index (χ2n) is 3.78. The predicted octanol–water partition coefficient (Wildman–Crippen LogP) is 2.83. The third-order valence-electron chi connectivity index (χ3n) is 2.38. The Bertz CT molecular complexity index is 279. The van der Waals surface area contributed by atoms with Gasteiger partial charge in [0.25, 0.3) is 0 Å². The van der Waals surface area contributed by atoms with Gasteiger partial charge in [-0.2, -0.15) is 0 Å². The van der Waals surface area contributed by atoms with Crippen LogP contribution in [0.15, 0.2) is 11.1 Å². The topological polar surface area (TPSA) is 74.6 Å². The lowest BCUT2D eigenvalue weighted by atomic mass is 9.96. The molecule has 4 nitrogen and oxygen atoms in total. The van der Waals surface area contributed by atoms with Crippen molar-refractivity contribution in [3.8, 4) is 0 Å². The number of hydrogen-bond donors (Lipinski definition) is 2. The number of rotatable bonds is 8. The number of carboxylic acid groups (broad SMARTS) is 2. The van der Waals surface area contributed by atoms with Crippen LogP contribution in [0.5, 0.6) is 0 Å². The number of hydrogen-bond acceptors (Lipinski definition) is 2. The van der Waals surface area contributed by atoms with E-state index in [9.17, 15) is 9.59 Å². The summed E-state index contributed by atoms with van der Waals surface area (Å²) in [4.78, 5) is 21.5. The average Bonchev–Trinajstić information content (AvgIpc) is 2.20. The van der Waals surface area contributed by atoms with Crippen LogP contribution in [0.25, 0.3) is 0 Å². The molecule has 0 aliphatic heterocycles. The fourth-order valence-corrected chi connectivity index (χ4v) is 1.67. The van der Waals surface area contributed by atoms with Crippen molar-refractivity contribution in [2.24, 2.45) is 0 Å². The molecule has 0 bridgehead atoms. The first kappa shape index (κ1) is 14.7. The van der Waals surface area contributed by atoms with E-state index in [1.54, 1.807) is 0 Å². The quantitative estimate of drug-likeness (QED) is 0.626. The molecule has 0 amide bonds. The van der Waals surface area contributed by atoms with Crippen molar-refractivity contribution in [2.45, 2.75) is 52.4 Å². The van der Waals surface area contributed by atoms with Crippen LogP contribution in [0, 0.1) is 0 Å². The van der Waals surface area contributed by atoms with Crippen LogP contribution in [-0.2, 0) is 9.59 Å². The molecule has 0 rings (SSSR count). The molecule has 0 aromatic heterocycles. The van der Waals surface area contributed by atoms with E-state index in [0.29, 0.717) is 24.8 Å². The number of allylic oxidation sites excluding steroid dienone is 1. The Labute approximate surface area is 96.0 Å². The van der Waals surface area contributed by atoms with Crippen molar-refractivity contribution >= 4 is 11.9 Å². The maximum absolute atomic E-state index is 11.0. The van der Waals surface area contributed by atoms with Gasteiger partial charge in [-0.15, -0.1) is 0 Å². The summed E-state index contributed by atoms with van der Waals surface area (Å²) >= 11 is 0. The van der Waals surface area contributed by atoms with Crippen molar-refractivity contribution in [3.63, 3.8) is 0 Å². The summed E-state index contributed by atoms with van der Waals surface area (Å²) in [6.07, 6.45) is 3.16. The molecule has 0 aromatic carbocycles. The zero-order valence-electron chi connectivity index (χ0n) is 9.95. The van der Waals surface area contributed by atoms with Crippen molar-refractivity contribution in [3.05, 3.63) is 11.1 Å². The highest BCUT2D eigenvalue weighted by Gasteiger charge is 2.13. The Morgan fingerprint density at radius 1 is 0.875 bits per heavy atom. The molecule has 0 fully saturated rings. The molecule has 0 heterocycles. The van der Waals surface area contributed by atoms with Gasteiger partial charge >= 0.3 is 11.9 Å². The van der Waals surface area contributed by atoms with Gasteiger partial charge in [-0.3, -0.25) is 4.79 Å². The first-order valence-corrected chi connectivity index (χ1v) is 5.68. The third kappa shape index (κ3) is 5.53. The van der Waals surface area contributed by atoms with Crippen molar-refractivity contribution in [1.82, 2.24) is 0 Å². The molecule has 2 N–H and O–H groups in total. The molecule has 0 radical (unpaired) electrons. The zero-order valence-corrected chi connectivity index (χ0v) is 9.95. The number of aliphatic carboxylic acids is 2. The van der Waals surface area contributed by atoms with E-state index in [1.807, 2.05) is 13.8 Å². The largest absolute Gasteiger partial charge is 0.481 e. The lowest BCUT2D eigenvalue weighted by Gasteiger charge is -2.10. The third-order valence-corrected chi connectivity index (χ3v) is 2.38. The van der Waals surface area contributed by atoms with Crippen LogP contribution in [0.2, 0.25) is 0 Å². The summed E-state index contributed by atoms with van der Waals surface area (Å²) in [5.41, 5.74) is 1.20. The van der Waals surface area contributed by atoms with Gasteiger partial charge in [0, 0.05) is 12.0 Å². The molecule has 0 aliphatic carbocycles. The average molecular weight is 228 g/mol. The van der Waals surface area contributed by atoms with E-state index < -0.39 is 11.9 Å². The summed E-state index contributed by atoms with van der Waals surface area (Å²) in [6, 6.07) is 0. The van der Waals surface area contributed by atoms with Gasteiger partial charge in [0.2, 0.25) is 0 Å². The molecule has 0 spiro atoms. The minimum absolute atomic E-state index is 0.00975. The van der Waals surface area contributed by atoms with Gasteiger partial charge in [0.05, 0.1) is 0 Å². The van der Waals surface area contributed by atoms with Gasteiger partial charge in [0.15, 0.2) is 0 Å². The fourth-order valence-electron chi connectivity index (χ4n) is 1.67. The molecular formula is C12H20O4. The summed E-state index contributed by atoms with van der Waals surface area (Å²) in [5, 5.41) is 17.7. The molecule has 0 unspecified atom stereocenters. The van der Waals surface area contributed by atoms with E-state index in [4.69, 9.17) is 10.2 Å². The van der Waals surface area contributed by atoms with E-state index >= 15 is 0 Å². The van der Waals surface area contributed by atoms with Gasteiger partial charge in [0.1, 0.15) is 0 Å². The van der Waals surface area contributed by atoms with Gasteiger partial charge in [-0.05, 0) is 19.3 Å². The van der Waals surface area contributed by atoms with E-state index in [2.05, 4.69) is 0 Å². The van der Waals surface area contributed by atoms with Crippen LogP contribution in [0.1, 0.15) is 52.4 Å². The summed E-state index contributed by atoms with van der Waals surface area (Å²) in [5.74, 6) is -1.79. The van der Waals surface area contributed by atoms with Crippen LogP contribution in [0.4, 0.5) is 0 Å². The first-order valence-electron chi connectivity index (χ1n) is 5.68. The van der Waals surface area contributed by atoms with Crippen LogP contribution in [0.3, 0.4) is 0 Å². The Hall–Kier alpha value is -1.32. The fraction of sp³-hybridized carbons (Fsp3) is 0.667. The van der Waals surface area contributed by atoms with E-state index in [-0.39, 0.29) is 6.42 Å². The summed E-state index contributed by atoms with van der Waals surface area (Å²) < 4.78 is 0. The smallest absolute Gasteiger partial charge is 0.331 e. The van der Waals surface area contributed by atoms with Crippen LogP contribution >= 0.6 is 0 Å². The maximum Gasteiger partial charge on any atom is 0.331 e. The maximum atomic E-state index is 11.0. The van der Waals surface area contributed by atoms with Gasteiger partial charge in [-0.25, -0.2) is 4.79 Å². The molecule has 92 valence electrons. The molecule has 0 saturated heterocycles. The second-order valence-corrected chi connectivity index (χ2v) is 3.78. The standard InChI is InChI=1S/C12H20O4/c1-3-5-9(7-8-11(13)14)10(6-4-2)12(15)16/h3-8H2,1-2H3,(H,13,14)(H,15,16)/b10-9+. The Kier molecular flexibility index (Phi) is 7.25. The normalized spacial score (nSPS) is 12.1. The monoisotopic (exact) mass is 228 g/mol. The molecule has 0 atom stereocenters. The van der Waals surface area contributed by atoms with Gasteiger partial charge < -0.3 is 10.2 Å². The lowest BCUT2D eigenvalue weighted by molar-refractivity contribution is -0.137. The summed E-state index contributed by atoms with van der Waals surface area (Å²) in [7, 11) is 0. The Balaban J connectivity index is 4.82. The molecule has 4 heteroatoms. The lowest BCUT2D eigenvalue weighted by Crippen LogP contribution is -2.06. The molecule has 0 saturated carbocycles. The van der Waals surface area contributed by atoms with Crippen LogP contribution < -0.4 is 0 Å². The highest BCUT2D eigenvalue weighted by atomic mass is 16.4. The molecule has 0 aromatic rings. The molecular weight excluding hydrogens is 208 g/mol. The van der Waals surface area contributed by atoms with Crippen molar-refractivity contribution in [1.29, 1.82) is 0 Å². The molecule has 0 aliphatic rings. The Morgan fingerprint density at radius 2 is 1.44 bits per heavy atom. The molecule has 16 heavy (non-hydrogen) atoms. The highest BCUT2D eigenvalue weighted by Crippen LogP contribution is 2.21. The summed E-state index contributed by atoms with van der Waals surface area (Å²) in [6.45, 7) is 3.88. The zero-order chi connectivity index (χ0) is 12.6. The highest BCUT2D eigenvalue weighted by molar-refractivity contribution is 5.87. The van der Waals surface area contributed by atoms with E-state index in [1.165, 1.54) is 0 Å². The number of carboxylic acids is 2. The minimum atomic E-state index is -0.907. The second kappa shape index (κ2) is 7.91. The van der Waals surface area contributed by atoms with Crippen LogP contribution in [-0.4, -0.2) is 22.2 Å². The van der Waals surface area contributed by atoms with Gasteiger partial charge in [-0.1, -0.05) is 32.3 Å². The number of carbonyl (C=O) groups is 2. The Morgan fingerprint density at radius 3 is 1.81 bits per heavy atom. The van der Waals surface area contributed by atoms with Crippen molar-refractivity contribution in [2.75, 3.05) is 0 Å². The SMILES string of the molecule is CCC/C(CCC(=O)O)=C(/CCC)C(=O)O. The first-order chi connectivity index (χ1) is 7.52. The predicted molar refractivity (Wildman–Crippen MR) is 61.3 cm³/mol.